The lowest BCUT2D eigenvalue weighted by atomic mass is 9.91. The van der Waals surface area contributed by atoms with Gasteiger partial charge in [-0.3, -0.25) is 34.2 Å². The topological polar surface area (TPSA) is 133 Å². The molecule has 3 aliphatic heterocycles. The van der Waals surface area contributed by atoms with Crippen molar-refractivity contribution in [3.8, 4) is 11.8 Å². The van der Waals surface area contributed by atoms with E-state index in [9.17, 15) is 24.0 Å². The number of nitrogens with two attached hydrogens (primary N) is 1. The van der Waals surface area contributed by atoms with E-state index < -0.39 is 12.1 Å². The van der Waals surface area contributed by atoms with Gasteiger partial charge in [-0.05, 0) is 93.7 Å². The monoisotopic (exact) mass is 653 g/mol. The Kier molecular flexibility index (Phi) is 12.2. The molecule has 0 saturated carbocycles. The zero-order valence-electron chi connectivity index (χ0n) is 27.9. The van der Waals surface area contributed by atoms with Crippen molar-refractivity contribution < 1.29 is 24.0 Å². The summed E-state index contributed by atoms with van der Waals surface area (Å²) in [5, 5.41) is 2.39. The van der Waals surface area contributed by atoms with Crippen LogP contribution in [0.2, 0.25) is 0 Å². The Balaban J connectivity index is 1.07. The zero-order valence-corrected chi connectivity index (χ0v) is 27.9. The summed E-state index contributed by atoms with van der Waals surface area (Å²) in [5.74, 6) is 6.46. The number of benzene rings is 2. The first-order valence-electron chi connectivity index (χ1n) is 17.3. The van der Waals surface area contributed by atoms with E-state index >= 15 is 0 Å². The Morgan fingerprint density at radius 1 is 1.00 bits per heavy atom. The third-order valence-corrected chi connectivity index (χ3v) is 9.93. The predicted octanol–water partition coefficient (Wildman–Crippen LogP) is 3.30. The summed E-state index contributed by atoms with van der Waals surface area (Å²) in [6.45, 7) is 3.34. The number of likely N-dealkylation sites (tertiary alicyclic amines) is 2. The third kappa shape index (κ3) is 8.97. The maximum Gasteiger partial charge on any atom is 0.253 e. The highest BCUT2D eigenvalue weighted by Gasteiger charge is 2.30. The quantitative estimate of drug-likeness (QED) is 0.229. The number of carbonyl (C=O) groups excluding carboxylic acids is 5. The van der Waals surface area contributed by atoms with E-state index in [4.69, 9.17) is 5.73 Å². The van der Waals surface area contributed by atoms with Crippen LogP contribution in [0.4, 0.5) is 0 Å². The van der Waals surface area contributed by atoms with Gasteiger partial charge in [-0.1, -0.05) is 36.1 Å². The van der Waals surface area contributed by atoms with Crippen molar-refractivity contribution in [2.24, 2.45) is 11.7 Å². The normalized spacial score (nSPS) is 19.4. The van der Waals surface area contributed by atoms with Crippen LogP contribution in [-0.4, -0.2) is 89.9 Å². The number of carbonyl (C=O) groups is 5. The third-order valence-electron chi connectivity index (χ3n) is 9.93. The van der Waals surface area contributed by atoms with Gasteiger partial charge in [0.05, 0.1) is 12.1 Å². The lowest BCUT2D eigenvalue weighted by Crippen LogP contribution is -2.51. The summed E-state index contributed by atoms with van der Waals surface area (Å²) in [6.07, 6.45) is 8.69. The van der Waals surface area contributed by atoms with Crippen molar-refractivity contribution in [1.82, 2.24) is 20.0 Å². The summed E-state index contributed by atoms with van der Waals surface area (Å²) < 4.78 is 0. The fourth-order valence-electron chi connectivity index (χ4n) is 6.99. The Morgan fingerprint density at radius 2 is 1.73 bits per heavy atom. The van der Waals surface area contributed by atoms with Gasteiger partial charge < -0.3 is 15.5 Å². The molecule has 2 aromatic carbocycles. The van der Waals surface area contributed by atoms with Crippen LogP contribution in [0.3, 0.4) is 0 Å². The highest BCUT2D eigenvalue weighted by atomic mass is 16.2. The lowest BCUT2D eigenvalue weighted by molar-refractivity contribution is -0.137. The number of nitrogens with one attached hydrogen (secondary N) is 1. The molecular weight excluding hydrogens is 606 g/mol. The van der Waals surface area contributed by atoms with E-state index in [1.54, 1.807) is 6.07 Å². The van der Waals surface area contributed by atoms with E-state index in [1.165, 1.54) is 6.42 Å². The molecular formula is C38H47N5O5. The smallest absolute Gasteiger partial charge is 0.253 e. The fourth-order valence-corrected chi connectivity index (χ4v) is 6.99. The summed E-state index contributed by atoms with van der Waals surface area (Å²) in [4.78, 5) is 67.3. The van der Waals surface area contributed by atoms with Crippen LogP contribution in [0.1, 0.15) is 95.2 Å². The molecule has 3 heterocycles. The molecule has 48 heavy (non-hydrogen) atoms. The van der Waals surface area contributed by atoms with Crippen molar-refractivity contribution in [3.63, 3.8) is 0 Å². The maximum atomic E-state index is 13.2. The highest BCUT2D eigenvalue weighted by Crippen LogP contribution is 2.23. The Bertz CT molecular complexity index is 1550. The van der Waals surface area contributed by atoms with Crippen LogP contribution in [0.25, 0.3) is 0 Å². The van der Waals surface area contributed by atoms with E-state index in [0.717, 1.165) is 68.2 Å². The number of imide groups is 1. The first-order chi connectivity index (χ1) is 23.2. The number of rotatable bonds is 10. The standard InChI is InChI=1S/C38H47N5O5/c1-41(34-16-17-35(45)40-36(34)46)25-32-29(10-7-11-31(32)26-44)9-4-3-8-27-18-22-43(23-19-27)38(48)33(39)24-28-12-14-30(15-13-28)37(47)42-20-5-2-6-21-42/h7,10-15,26-27,33-34H,2-3,5-6,8,16-25,39H2,1H3,(H,40,45,46). The number of likely N-dealkylation sites (N-methyl/N-ethyl adjacent to an activating group) is 1. The number of piperidine rings is 3. The second-order valence-corrected chi connectivity index (χ2v) is 13.3. The minimum absolute atomic E-state index is 0.0356. The van der Waals surface area contributed by atoms with Crippen LogP contribution >= 0.6 is 0 Å². The van der Waals surface area contributed by atoms with Crippen LogP contribution in [-0.2, 0) is 27.3 Å². The second kappa shape index (κ2) is 16.7. The van der Waals surface area contributed by atoms with Crippen molar-refractivity contribution in [1.29, 1.82) is 0 Å². The number of hydrogen-bond acceptors (Lipinski definition) is 7. The van der Waals surface area contributed by atoms with Gasteiger partial charge in [-0.15, -0.1) is 0 Å². The molecule has 5 rings (SSSR count). The van der Waals surface area contributed by atoms with Gasteiger partial charge in [0.15, 0.2) is 0 Å². The summed E-state index contributed by atoms with van der Waals surface area (Å²) in [5.41, 5.74) is 10.1. The average Bonchev–Trinajstić information content (AvgIpc) is 3.10. The number of nitrogens with zero attached hydrogens (tertiary/aromatic N) is 3. The molecule has 2 unspecified atom stereocenters. The van der Waals surface area contributed by atoms with Crippen LogP contribution in [0.5, 0.6) is 0 Å². The van der Waals surface area contributed by atoms with Gasteiger partial charge in [0.2, 0.25) is 17.7 Å². The Labute approximate surface area is 283 Å². The molecule has 3 fully saturated rings. The molecule has 0 bridgehead atoms. The molecule has 2 aromatic rings. The zero-order chi connectivity index (χ0) is 34.0. The van der Waals surface area contributed by atoms with Crippen LogP contribution in [0, 0.1) is 17.8 Å². The molecule has 3 N–H and O–H groups in total. The number of amides is 4. The molecule has 254 valence electrons. The fraction of sp³-hybridized carbons (Fsp3) is 0.500. The van der Waals surface area contributed by atoms with Crippen molar-refractivity contribution >= 4 is 29.9 Å². The van der Waals surface area contributed by atoms with Crippen LogP contribution < -0.4 is 11.1 Å². The second-order valence-electron chi connectivity index (χ2n) is 13.3. The summed E-state index contributed by atoms with van der Waals surface area (Å²) in [7, 11) is 1.82. The molecule has 0 aliphatic carbocycles. The van der Waals surface area contributed by atoms with E-state index in [-0.39, 0.29) is 23.6 Å². The molecule has 0 spiro atoms. The lowest BCUT2D eigenvalue weighted by Gasteiger charge is -2.33. The first kappa shape index (κ1) is 35.0. The first-order valence-corrected chi connectivity index (χ1v) is 17.3. The highest BCUT2D eigenvalue weighted by molar-refractivity contribution is 6.00. The molecule has 4 amide bonds. The molecule has 0 radical (unpaired) electrons. The van der Waals surface area contributed by atoms with Gasteiger partial charge in [0.1, 0.15) is 6.29 Å². The summed E-state index contributed by atoms with van der Waals surface area (Å²) >= 11 is 0. The van der Waals surface area contributed by atoms with Gasteiger partial charge in [-0.2, -0.15) is 0 Å². The molecule has 3 saturated heterocycles. The molecule has 3 aliphatic rings. The predicted molar refractivity (Wildman–Crippen MR) is 183 cm³/mol. The maximum absolute atomic E-state index is 13.2. The van der Waals surface area contributed by atoms with Crippen LogP contribution in [0.15, 0.2) is 42.5 Å². The molecule has 10 nitrogen and oxygen atoms in total. The number of hydrogen-bond donors (Lipinski definition) is 2. The average molecular weight is 654 g/mol. The SMILES string of the molecule is CN(Cc1c(C#CCCC2CCN(C(=O)C(N)Cc3ccc(C(=O)N4CCCCC4)cc3)CC2)cccc1C=O)C1CCC(=O)NC1=O. The van der Waals surface area contributed by atoms with Gasteiger partial charge in [0.25, 0.3) is 5.91 Å². The van der Waals surface area contributed by atoms with E-state index in [1.807, 2.05) is 58.1 Å². The van der Waals surface area contributed by atoms with Gasteiger partial charge >= 0.3 is 0 Å². The Morgan fingerprint density at radius 3 is 2.42 bits per heavy atom. The number of aldehydes is 1. The molecule has 2 atom stereocenters. The summed E-state index contributed by atoms with van der Waals surface area (Å²) in [6, 6.07) is 11.9. The van der Waals surface area contributed by atoms with Crippen molar-refractivity contribution in [2.45, 2.75) is 82.8 Å². The molecule has 10 heteroatoms. The Hall–Kier alpha value is -4.33. The minimum Gasteiger partial charge on any atom is -0.341 e. The van der Waals surface area contributed by atoms with Gasteiger partial charge in [0, 0.05) is 62.3 Å². The minimum atomic E-state index is -0.624. The van der Waals surface area contributed by atoms with E-state index in [0.29, 0.717) is 62.4 Å². The van der Waals surface area contributed by atoms with Crippen molar-refractivity contribution in [3.05, 3.63) is 70.3 Å². The van der Waals surface area contributed by atoms with E-state index in [2.05, 4.69) is 17.2 Å². The van der Waals surface area contributed by atoms with Crippen molar-refractivity contribution in [2.75, 3.05) is 33.2 Å². The molecule has 0 aromatic heterocycles. The largest absolute Gasteiger partial charge is 0.341 e. The van der Waals surface area contributed by atoms with Gasteiger partial charge in [-0.25, -0.2) is 0 Å².